The van der Waals surface area contributed by atoms with Crippen LogP contribution in [0.5, 0.6) is 0 Å². The minimum atomic E-state index is -0.253. The fourth-order valence-corrected chi connectivity index (χ4v) is 9.76. The Kier molecular flexibility index (Phi) is 6.13. The molecule has 0 radical (unpaired) electrons. The van der Waals surface area contributed by atoms with Gasteiger partial charge in [-0.25, -0.2) is 0 Å². The number of rotatable bonds is 4. The Morgan fingerprint density at radius 2 is 1.85 bits per heavy atom. The second-order valence-corrected chi connectivity index (χ2v) is 13.2. The van der Waals surface area contributed by atoms with Crippen LogP contribution < -0.4 is 10.2 Å². The molecule has 1 aliphatic heterocycles. The first-order valence-corrected chi connectivity index (χ1v) is 14.5. The molecule has 0 spiro atoms. The minimum absolute atomic E-state index is 0.0174. The van der Waals surface area contributed by atoms with Gasteiger partial charge in [0.25, 0.3) is 0 Å². The summed E-state index contributed by atoms with van der Waals surface area (Å²) in [6, 6.07) is 13.5. The van der Waals surface area contributed by atoms with E-state index in [1.165, 1.54) is 36.2 Å². The Labute approximate surface area is 224 Å². The third kappa shape index (κ3) is 3.97. The van der Waals surface area contributed by atoms with Crippen LogP contribution in [0.15, 0.2) is 56.8 Å². The lowest BCUT2D eigenvalue weighted by Gasteiger charge is -2.40. The lowest BCUT2D eigenvalue weighted by Crippen LogP contribution is -2.34. The molecule has 5 atom stereocenters. The number of fused-ring (bicyclic) bond motifs is 6. The Bertz CT molecular complexity index is 1340. The number of nitrogens with zero attached hydrogens (tertiary/aromatic N) is 1. The standard InChI is InChI=1S/C25H21BrCl2N2O2S2/c26-15-5-3-12(4-6-15)20-21-13-1-2-14(9-13)22(21)33-24-23(20)34-25(32)30(24)11-19(31)29-16-7-8-17(27)18(28)10-16/h3-8,10,13-14,20-22H,1-2,9,11H2,(H,29,31)/t13?,14?,20-,21?,22?/m0/s1. The molecule has 1 N–H and O–H groups in total. The summed E-state index contributed by atoms with van der Waals surface area (Å²) in [5, 5.41) is 5.13. The van der Waals surface area contributed by atoms with Crippen LogP contribution in [0.3, 0.4) is 0 Å². The first-order chi connectivity index (χ1) is 16.4. The van der Waals surface area contributed by atoms with Gasteiger partial charge in [-0.15, -0.1) is 11.8 Å². The molecule has 2 bridgehead atoms. The molecule has 2 heterocycles. The van der Waals surface area contributed by atoms with E-state index in [0.29, 0.717) is 38.7 Å². The molecule has 2 aliphatic carbocycles. The topological polar surface area (TPSA) is 51.1 Å². The minimum Gasteiger partial charge on any atom is -0.324 e. The molecule has 1 amide bonds. The Morgan fingerprint density at radius 1 is 1.09 bits per heavy atom. The first kappa shape index (κ1) is 23.2. The molecular weight excluding hydrogens is 575 g/mol. The number of anilines is 1. The molecule has 2 fully saturated rings. The molecule has 9 heteroatoms. The molecule has 4 unspecified atom stereocenters. The van der Waals surface area contributed by atoms with E-state index in [2.05, 4.69) is 45.5 Å². The molecule has 3 aliphatic rings. The molecule has 6 rings (SSSR count). The largest absolute Gasteiger partial charge is 0.324 e. The lowest BCUT2D eigenvalue weighted by molar-refractivity contribution is -0.116. The molecule has 2 saturated carbocycles. The van der Waals surface area contributed by atoms with Crippen molar-refractivity contribution < 1.29 is 4.79 Å². The molecule has 3 aromatic rings. The summed E-state index contributed by atoms with van der Waals surface area (Å²) in [5.74, 6) is 1.92. The van der Waals surface area contributed by atoms with Crippen molar-refractivity contribution in [3.63, 3.8) is 0 Å². The number of aromatic nitrogens is 1. The van der Waals surface area contributed by atoms with E-state index < -0.39 is 0 Å². The molecule has 1 aromatic heterocycles. The number of carbonyl (C=O) groups is 1. The van der Waals surface area contributed by atoms with Crippen molar-refractivity contribution in [2.45, 2.75) is 42.0 Å². The Hall–Kier alpha value is -1.25. The van der Waals surface area contributed by atoms with E-state index >= 15 is 0 Å². The van der Waals surface area contributed by atoms with Gasteiger partial charge in [0.2, 0.25) is 5.91 Å². The summed E-state index contributed by atoms with van der Waals surface area (Å²) in [7, 11) is 0. The van der Waals surface area contributed by atoms with Crippen molar-refractivity contribution >= 4 is 73.8 Å². The maximum Gasteiger partial charge on any atom is 0.308 e. The predicted octanol–water partition coefficient (Wildman–Crippen LogP) is 7.27. The zero-order valence-corrected chi connectivity index (χ0v) is 22.7. The van der Waals surface area contributed by atoms with Crippen LogP contribution in [0.2, 0.25) is 10.0 Å². The number of hydrogen-bond donors (Lipinski definition) is 1. The SMILES string of the molecule is O=C(Cn1c2c(sc1=O)[C@@H](c1ccc(Br)cc1)C1C3CCC(C3)C1S2)Nc1ccc(Cl)c(Cl)c1. The Morgan fingerprint density at radius 3 is 2.62 bits per heavy atom. The molecular formula is C25H21BrCl2N2O2S2. The van der Waals surface area contributed by atoms with E-state index in [0.717, 1.165) is 14.4 Å². The maximum atomic E-state index is 13.2. The van der Waals surface area contributed by atoms with Gasteiger partial charge in [0, 0.05) is 26.2 Å². The van der Waals surface area contributed by atoms with Crippen LogP contribution in [0.1, 0.15) is 35.6 Å². The van der Waals surface area contributed by atoms with Gasteiger partial charge in [-0.05, 0) is 72.9 Å². The maximum absolute atomic E-state index is 13.2. The first-order valence-electron chi connectivity index (χ1n) is 11.3. The van der Waals surface area contributed by atoms with Gasteiger partial charge in [-0.2, -0.15) is 0 Å². The van der Waals surface area contributed by atoms with Crippen molar-refractivity contribution in [2.24, 2.45) is 17.8 Å². The highest BCUT2D eigenvalue weighted by Gasteiger charge is 2.55. The van der Waals surface area contributed by atoms with Gasteiger partial charge in [0.1, 0.15) is 6.54 Å². The number of amides is 1. The molecule has 0 saturated heterocycles. The number of halogens is 3. The van der Waals surface area contributed by atoms with Gasteiger partial charge >= 0.3 is 4.87 Å². The van der Waals surface area contributed by atoms with Crippen molar-refractivity contribution in [3.05, 3.63) is 77.1 Å². The van der Waals surface area contributed by atoms with E-state index in [9.17, 15) is 9.59 Å². The van der Waals surface area contributed by atoms with Gasteiger partial charge in [0.15, 0.2) is 0 Å². The van der Waals surface area contributed by atoms with Crippen molar-refractivity contribution in [1.29, 1.82) is 0 Å². The van der Waals surface area contributed by atoms with Crippen molar-refractivity contribution in [1.82, 2.24) is 4.57 Å². The third-order valence-electron chi connectivity index (χ3n) is 7.42. The number of hydrogen-bond acceptors (Lipinski definition) is 4. The predicted molar refractivity (Wildman–Crippen MR) is 144 cm³/mol. The summed E-state index contributed by atoms with van der Waals surface area (Å²) in [6.07, 6.45) is 3.84. The number of benzene rings is 2. The van der Waals surface area contributed by atoms with E-state index in [4.69, 9.17) is 23.2 Å². The number of nitrogens with one attached hydrogen (secondary N) is 1. The summed E-state index contributed by atoms with van der Waals surface area (Å²) < 4.78 is 2.72. The second kappa shape index (κ2) is 9.00. The van der Waals surface area contributed by atoms with Gasteiger partial charge in [-0.1, -0.05) is 62.6 Å². The van der Waals surface area contributed by atoms with E-state index in [1.807, 2.05) is 11.8 Å². The molecule has 4 nitrogen and oxygen atoms in total. The zero-order chi connectivity index (χ0) is 23.6. The molecule has 34 heavy (non-hydrogen) atoms. The fraction of sp³-hybridized carbons (Fsp3) is 0.360. The molecule has 2 aromatic carbocycles. The van der Waals surface area contributed by atoms with Crippen LogP contribution >= 0.6 is 62.2 Å². The van der Waals surface area contributed by atoms with Crippen molar-refractivity contribution in [3.8, 4) is 0 Å². The number of carbonyl (C=O) groups excluding carboxylic acids is 1. The normalized spacial score (nSPS) is 26.9. The van der Waals surface area contributed by atoms with E-state index in [-0.39, 0.29) is 23.2 Å². The highest BCUT2D eigenvalue weighted by molar-refractivity contribution is 9.10. The number of thioether (sulfide) groups is 1. The summed E-state index contributed by atoms with van der Waals surface area (Å²) in [4.78, 5) is 27.1. The van der Waals surface area contributed by atoms with Gasteiger partial charge in [-0.3, -0.25) is 14.2 Å². The van der Waals surface area contributed by atoms with E-state index in [1.54, 1.807) is 22.8 Å². The van der Waals surface area contributed by atoms with Gasteiger partial charge < -0.3 is 5.32 Å². The smallest absolute Gasteiger partial charge is 0.308 e. The average molecular weight is 596 g/mol. The quantitative estimate of drug-likeness (QED) is 0.345. The second-order valence-electron chi connectivity index (χ2n) is 9.32. The van der Waals surface area contributed by atoms with Gasteiger partial charge in [0.05, 0.1) is 15.1 Å². The molecule has 176 valence electrons. The fourth-order valence-electron chi connectivity index (χ4n) is 6.05. The highest BCUT2D eigenvalue weighted by Crippen LogP contribution is 2.64. The van der Waals surface area contributed by atoms with Crippen molar-refractivity contribution in [2.75, 3.05) is 5.32 Å². The third-order valence-corrected chi connectivity index (χ3v) is 11.5. The highest BCUT2D eigenvalue weighted by atomic mass is 79.9. The number of thiazole rings is 1. The summed E-state index contributed by atoms with van der Waals surface area (Å²) in [5.41, 5.74) is 1.83. The average Bonchev–Trinajstić information content (AvgIpc) is 3.50. The summed E-state index contributed by atoms with van der Waals surface area (Å²) >= 11 is 18.8. The van der Waals surface area contributed by atoms with Crippen LogP contribution in [-0.4, -0.2) is 15.7 Å². The van der Waals surface area contributed by atoms with Crippen LogP contribution in [0, 0.1) is 17.8 Å². The Balaban J connectivity index is 1.35. The van der Waals surface area contributed by atoms with Crippen LogP contribution in [0.4, 0.5) is 5.69 Å². The lowest BCUT2D eigenvalue weighted by atomic mass is 9.75. The van der Waals surface area contributed by atoms with Crippen LogP contribution in [0.25, 0.3) is 0 Å². The summed E-state index contributed by atoms with van der Waals surface area (Å²) in [6.45, 7) is -0.0174. The zero-order valence-electron chi connectivity index (χ0n) is 18.0. The van der Waals surface area contributed by atoms with Crippen LogP contribution in [-0.2, 0) is 11.3 Å². The monoisotopic (exact) mass is 594 g/mol.